The summed E-state index contributed by atoms with van der Waals surface area (Å²) in [6.07, 6.45) is 3.44. The van der Waals surface area contributed by atoms with Crippen LogP contribution >= 0.6 is 0 Å². The highest BCUT2D eigenvalue weighted by Crippen LogP contribution is 2.31. The summed E-state index contributed by atoms with van der Waals surface area (Å²) in [5.41, 5.74) is 4.37. The highest BCUT2D eigenvalue weighted by Gasteiger charge is 2.23. The molecule has 2 aromatic carbocycles. The Bertz CT molecular complexity index is 650. The molecule has 0 fully saturated rings. The lowest BCUT2D eigenvalue weighted by atomic mass is 9.77. The minimum absolute atomic E-state index is 0.156. The molecule has 0 N–H and O–H groups in total. The summed E-state index contributed by atoms with van der Waals surface area (Å²) >= 11 is 0. The molecule has 0 saturated carbocycles. The Morgan fingerprint density at radius 1 is 0.885 bits per heavy atom. The molecule has 0 amide bonds. The van der Waals surface area contributed by atoms with Gasteiger partial charge in [0, 0.05) is 0 Å². The van der Waals surface area contributed by atoms with Gasteiger partial charge in [0.1, 0.15) is 5.75 Å². The third-order valence-electron chi connectivity index (χ3n) is 5.21. The van der Waals surface area contributed by atoms with Crippen molar-refractivity contribution in [3.05, 3.63) is 65.2 Å². The Morgan fingerprint density at radius 2 is 1.50 bits per heavy atom. The van der Waals surface area contributed by atoms with Crippen molar-refractivity contribution in [1.82, 2.24) is 0 Å². The Morgan fingerprint density at radius 3 is 2.04 bits per heavy atom. The van der Waals surface area contributed by atoms with E-state index in [4.69, 9.17) is 4.74 Å². The predicted molar refractivity (Wildman–Crippen MR) is 113 cm³/mol. The first-order valence-corrected chi connectivity index (χ1v) is 10.1. The first kappa shape index (κ1) is 20.6. The molecule has 0 saturated heterocycles. The quantitative estimate of drug-likeness (QED) is 0.466. The van der Waals surface area contributed by atoms with Gasteiger partial charge in [-0.05, 0) is 58.9 Å². The van der Waals surface area contributed by atoms with Crippen LogP contribution in [-0.4, -0.2) is 6.61 Å². The van der Waals surface area contributed by atoms with E-state index in [1.807, 2.05) is 0 Å². The van der Waals surface area contributed by atoms with Crippen LogP contribution in [0.25, 0.3) is 0 Å². The van der Waals surface area contributed by atoms with Gasteiger partial charge in [-0.15, -0.1) is 0 Å². The molecule has 0 aliphatic heterocycles. The van der Waals surface area contributed by atoms with Crippen molar-refractivity contribution in [3.63, 3.8) is 0 Å². The molecule has 1 heteroatoms. The number of rotatable bonds is 9. The second-order valence-corrected chi connectivity index (χ2v) is 8.67. The van der Waals surface area contributed by atoms with Crippen LogP contribution in [0.2, 0.25) is 0 Å². The van der Waals surface area contributed by atoms with E-state index in [1.165, 1.54) is 23.1 Å². The average molecular weight is 353 g/mol. The van der Waals surface area contributed by atoms with Crippen LogP contribution in [0.4, 0.5) is 0 Å². The van der Waals surface area contributed by atoms with Crippen molar-refractivity contribution < 1.29 is 4.74 Å². The van der Waals surface area contributed by atoms with Crippen LogP contribution in [0, 0.1) is 5.92 Å². The highest BCUT2D eigenvalue weighted by atomic mass is 16.5. The molecule has 0 heterocycles. The molecule has 0 aliphatic rings. The molecule has 142 valence electrons. The standard InChI is InChI=1S/C25H36O/c1-7-8-21-9-15-24(16-10-21)26-18-20(4)17-25(5,6)23-13-11-22(12-14-23)19(2)3/h9-16,19-20H,7-8,17-18H2,1-6H3. The highest BCUT2D eigenvalue weighted by molar-refractivity contribution is 5.30. The summed E-state index contributed by atoms with van der Waals surface area (Å²) in [5, 5.41) is 0. The summed E-state index contributed by atoms with van der Waals surface area (Å²) in [6, 6.07) is 17.7. The van der Waals surface area contributed by atoms with E-state index in [1.54, 1.807) is 0 Å². The molecular formula is C25H36O. The lowest BCUT2D eigenvalue weighted by Gasteiger charge is -2.29. The lowest BCUT2D eigenvalue weighted by molar-refractivity contribution is 0.228. The largest absolute Gasteiger partial charge is 0.493 e. The van der Waals surface area contributed by atoms with Crippen LogP contribution in [-0.2, 0) is 11.8 Å². The van der Waals surface area contributed by atoms with Gasteiger partial charge in [-0.1, -0.05) is 84.4 Å². The van der Waals surface area contributed by atoms with Crippen LogP contribution in [0.3, 0.4) is 0 Å². The summed E-state index contributed by atoms with van der Waals surface area (Å²) < 4.78 is 6.03. The van der Waals surface area contributed by atoms with Gasteiger partial charge in [-0.2, -0.15) is 0 Å². The topological polar surface area (TPSA) is 9.23 Å². The van der Waals surface area contributed by atoms with Crippen LogP contribution in [0.5, 0.6) is 5.75 Å². The molecule has 1 atom stereocenters. The maximum absolute atomic E-state index is 6.03. The zero-order chi connectivity index (χ0) is 19.2. The summed E-state index contributed by atoms with van der Waals surface area (Å²) in [6.45, 7) is 14.4. The molecule has 0 aliphatic carbocycles. The van der Waals surface area contributed by atoms with Gasteiger partial charge in [0.2, 0.25) is 0 Å². The van der Waals surface area contributed by atoms with Crippen molar-refractivity contribution in [3.8, 4) is 5.75 Å². The fraction of sp³-hybridized carbons (Fsp3) is 0.520. The van der Waals surface area contributed by atoms with Crippen molar-refractivity contribution in [2.45, 2.75) is 72.1 Å². The van der Waals surface area contributed by atoms with E-state index in [-0.39, 0.29) is 5.41 Å². The van der Waals surface area contributed by atoms with Crippen LogP contribution < -0.4 is 4.74 Å². The third-order valence-corrected chi connectivity index (χ3v) is 5.21. The van der Waals surface area contributed by atoms with Crippen molar-refractivity contribution >= 4 is 0 Å². The minimum atomic E-state index is 0.156. The average Bonchev–Trinajstić information content (AvgIpc) is 2.61. The van der Waals surface area contributed by atoms with Gasteiger partial charge in [0.15, 0.2) is 0 Å². The van der Waals surface area contributed by atoms with Crippen molar-refractivity contribution in [2.24, 2.45) is 5.92 Å². The Balaban J connectivity index is 1.89. The molecule has 2 rings (SSSR count). The van der Waals surface area contributed by atoms with Gasteiger partial charge >= 0.3 is 0 Å². The lowest BCUT2D eigenvalue weighted by Crippen LogP contribution is -2.23. The van der Waals surface area contributed by atoms with Gasteiger partial charge in [-0.25, -0.2) is 0 Å². The molecule has 1 unspecified atom stereocenters. The minimum Gasteiger partial charge on any atom is -0.493 e. The van der Waals surface area contributed by atoms with Crippen molar-refractivity contribution in [1.29, 1.82) is 0 Å². The first-order chi connectivity index (χ1) is 12.3. The van der Waals surface area contributed by atoms with Crippen molar-refractivity contribution in [2.75, 3.05) is 6.61 Å². The summed E-state index contributed by atoms with van der Waals surface area (Å²) in [7, 11) is 0. The number of aryl methyl sites for hydroxylation is 1. The van der Waals surface area contributed by atoms with E-state index in [0.717, 1.165) is 25.2 Å². The number of benzene rings is 2. The molecule has 0 spiro atoms. The van der Waals surface area contributed by atoms with E-state index in [9.17, 15) is 0 Å². The van der Waals surface area contributed by atoms with Gasteiger partial charge in [0.05, 0.1) is 6.61 Å². The second kappa shape index (κ2) is 9.26. The summed E-state index contributed by atoms with van der Waals surface area (Å²) in [4.78, 5) is 0. The summed E-state index contributed by atoms with van der Waals surface area (Å²) in [5.74, 6) is 2.07. The Kier molecular flexibility index (Phi) is 7.32. The third kappa shape index (κ3) is 5.90. The monoisotopic (exact) mass is 352 g/mol. The normalized spacial score (nSPS) is 13.0. The molecular weight excluding hydrogens is 316 g/mol. The fourth-order valence-electron chi connectivity index (χ4n) is 3.65. The molecule has 26 heavy (non-hydrogen) atoms. The first-order valence-electron chi connectivity index (χ1n) is 10.1. The smallest absolute Gasteiger partial charge is 0.119 e. The van der Waals surface area contributed by atoms with E-state index < -0.39 is 0 Å². The maximum atomic E-state index is 6.03. The zero-order valence-electron chi connectivity index (χ0n) is 17.5. The molecule has 1 nitrogen and oxygen atoms in total. The SMILES string of the molecule is CCCc1ccc(OCC(C)CC(C)(C)c2ccc(C(C)C)cc2)cc1. The number of ether oxygens (including phenoxy) is 1. The number of hydrogen-bond donors (Lipinski definition) is 0. The predicted octanol–water partition coefficient (Wildman–Crippen LogP) is 7.15. The van der Waals surface area contributed by atoms with E-state index >= 15 is 0 Å². The Labute approximate surface area is 160 Å². The maximum Gasteiger partial charge on any atom is 0.119 e. The number of hydrogen-bond acceptors (Lipinski definition) is 1. The molecule has 2 aromatic rings. The van der Waals surface area contributed by atoms with Crippen LogP contribution in [0.1, 0.15) is 77.0 Å². The van der Waals surface area contributed by atoms with Gasteiger partial charge in [0.25, 0.3) is 0 Å². The Hall–Kier alpha value is -1.76. The molecule has 0 bridgehead atoms. The molecule has 0 aromatic heterocycles. The van der Waals surface area contributed by atoms with E-state index in [2.05, 4.69) is 90.1 Å². The van der Waals surface area contributed by atoms with Gasteiger partial charge < -0.3 is 4.74 Å². The second-order valence-electron chi connectivity index (χ2n) is 8.67. The molecule has 0 radical (unpaired) electrons. The van der Waals surface area contributed by atoms with E-state index in [0.29, 0.717) is 11.8 Å². The zero-order valence-corrected chi connectivity index (χ0v) is 17.5. The van der Waals surface area contributed by atoms with Gasteiger partial charge in [-0.3, -0.25) is 0 Å². The fourth-order valence-corrected chi connectivity index (χ4v) is 3.65. The van der Waals surface area contributed by atoms with Crippen LogP contribution in [0.15, 0.2) is 48.5 Å².